The molecule has 25 heavy (non-hydrogen) atoms. The standard InChI is InChI=1S/C22H21N3/c23-15-17-12-13-22(21-11-5-4-10-20(17)21)25-14-6-9-19(25)16-24-18-7-2-1-3-8-18/h1-5,7-8,10-13,19,24H,6,9,14,16H2. The largest absolute Gasteiger partial charge is 0.383 e. The molecule has 1 heterocycles. The maximum Gasteiger partial charge on any atom is 0.0998 e. The van der Waals surface area contributed by atoms with Gasteiger partial charge in [-0.05, 0) is 37.1 Å². The Balaban J connectivity index is 1.62. The summed E-state index contributed by atoms with van der Waals surface area (Å²) >= 11 is 0. The Morgan fingerprint density at radius 3 is 2.52 bits per heavy atom. The lowest BCUT2D eigenvalue weighted by molar-refractivity contribution is 0.699. The molecule has 0 saturated carbocycles. The second-order valence-corrected chi connectivity index (χ2v) is 6.53. The van der Waals surface area contributed by atoms with E-state index < -0.39 is 0 Å². The van der Waals surface area contributed by atoms with Gasteiger partial charge in [0.15, 0.2) is 0 Å². The van der Waals surface area contributed by atoms with E-state index in [9.17, 15) is 5.26 Å². The van der Waals surface area contributed by atoms with Gasteiger partial charge in [0.1, 0.15) is 0 Å². The third-order valence-electron chi connectivity index (χ3n) is 5.02. The predicted octanol–water partition coefficient (Wildman–Crippen LogP) is 4.79. The van der Waals surface area contributed by atoms with E-state index in [0.717, 1.165) is 24.0 Å². The number of fused-ring (bicyclic) bond motifs is 1. The molecular weight excluding hydrogens is 306 g/mol. The molecule has 1 aliphatic heterocycles. The lowest BCUT2D eigenvalue weighted by Crippen LogP contribution is -2.35. The van der Waals surface area contributed by atoms with Crippen LogP contribution in [0.15, 0.2) is 66.7 Å². The first kappa shape index (κ1) is 15.5. The third-order valence-corrected chi connectivity index (χ3v) is 5.02. The van der Waals surface area contributed by atoms with Gasteiger partial charge in [-0.3, -0.25) is 0 Å². The van der Waals surface area contributed by atoms with E-state index in [4.69, 9.17) is 0 Å². The average molecular weight is 327 g/mol. The molecule has 0 radical (unpaired) electrons. The number of nitrogens with one attached hydrogen (secondary N) is 1. The smallest absolute Gasteiger partial charge is 0.0998 e. The van der Waals surface area contributed by atoms with Crippen LogP contribution in [0.2, 0.25) is 0 Å². The van der Waals surface area contributed by atoms with E-state index in [2.05, 4.69) is 58.8 Å². The zero-order valence-corrected chi connectivity index (χ0v) is 14.2. The predicted molar refractivity (Wildman–Crippen MR) is 104 cm³/mol. The first-order chi connectivity index (χ1) is 12.4. The van der Waals surface area contributed by atoms with Crippen molar-refractivity contribution in [3.63, 3.8) is 0 Å². The summed E-state index contributed by atoms with van der Waals surface area (Å²) in [4.78, 5) is 2.50. The summed E-state index contributed by atoms with van der Waals surface area (Å²) in [5.41, 5.74) is 3.16. The van der Waals surface area contributed by atoms with Crippen molar-refractivity contribution in [1.29, 1.82) is 5.26 Å². The van der Waals surface area contributed by atoms with Crippen molar-refractivity contribution in [3.05, 3.63) is 72.3 Å². The van der Waals surface area contributed by atoms with Gasteiger partial charge in [-0.1, -0.05) is 42.5 Å². The van der Waals surface area contributed by atoms with Crippen LogP contribution in [0.4, 0.5) is 11.4 Å². The Morgan fingerprint density at radius 2 is 1.72 bits per heavy atom. The molecule has 1 unspecified atom stereocenters. The molecule has 0 amide bonds. The van der Waals surface area contributed by atoms with Crippen molar-refractivity contribution in [2.45, 2.75) is 18.9 Å². The molecular formula is C22H21N3. The maximum absolute atomic E-state index is 9.38. The molecule has 4 rings (SSSR count). The van der Waals surface area contributed by atoms with Crippen LogP contribution in [-0.2, 0) is 0 Å². The summed E-state index contributed by atoms with van der Waals surface area (Å²) in [6.45, 7) is 2.00. The number of benzene rings is 3. The van der Waals surface area contributed by atoms with Crippen molar-refractivity contribution >= 4 is 22.1 Å². The highest BCUT2D eigenvalue weighted by molar-refractivity contribution is 5.98. The first-order valence-corrected chi connectivity index (χ1v) is 8.84. The second-order valence-electron chi connectivity index (χ2n) is 6.53. The molecule has 1 fully saturated rings. The van der Waals surface area contributed by atoms with E-state index in [1.165, 1.54) is 29.6 Å². The Labute approximate surface area is 148 Å². The van der Waals surface area contributed by atoms with Crippen LogP contribution in [0.5, 0.6) is 0 Å². The minimum Gasteiger partial charge on any atom is -0.383 e. The van der Waals surface area contributed by atoms with Crippen LogP contribution in [-0.4, -0.2) is 19.1 Å². The second kappa shape index (κ2) is 6.86. The SMILES string of the molecule is N#Cc1ccc(N2CCCC2CNc2ccccc2)c2ccccc12. The fourth-order valence-corrected chi connectivity index (χ4v) is 3.79. The van der Waals surface area contributed by atoms with Crippen molar-refractivity contribution in [3.8, 4) is 6.07 Å². The van der Waals surface area contributed by atoms with Gasteiger partial charge in [-0.2, -0.15) is 5.26 Å². The number of nitrogens with zero attached hydrogens (tertiary/aromatic N) is 2. The molecule has 0 spiro atoms. The normalized spacial score (nSPS) is 16.8. The minimum atomic E-state index is 0.469. The highest BCUT2D eigenvalue weighted by Gasteiger charge is 2.26. The molecule has 0 aliphatic carbocycles. The molecule has 124 valence electrons. The zero-order valence-electron chi connectivity index (χ0n) is 14.2. The van der Waals surface area contributed by atoms with Crippen molar-refractivity contribution in [1.82, 2.24) is 0 Å². The van der Waals surface area contributed by atoms with Crippen molar-refractivity contribution in [2.75, 3.05) is 23.3 Å². The monoisotopic (exact) mass is 327 g/mol. The van der Waals surface area contributed by atoms with Gasteiger partial charge in [-0.15, -0.1) is 0 Å². The lowest BCUT2D eigenvalue weighted by atomic mass is 10.0. The molecule has 3 heteroatoms. The zero-order chi connectivity index (χ0) is 17.1. The summed E-state index contributed by atoms with van der Waals surface area (Å²) in [6, 6.07) is 25.5. The van der Waals surface area contributed by atoms with Crippen LogP contribution in [0, 0.1) is 11.3 Å². The Morgan fingerprint density at radius 1 is 0.960 bits per heavy atom. The van der Waals surface area contributed by atoms with Gasteiger partial charge in [0.2, 0.25) is 0 Å². The Hall–Kier alpha value is -2.99. The highest BCUT2D eigenvalue weighted by Crippen LogP contribution is 2.34. The number of rotatable bonds is 4. The van der Waals surface area contributed by atoms with Crippen molar-refractivity contribution in [2.24, 2.45) is 0 Å². The fraction of sp³-hybridized carbons (Fsp3) is 0.227. The number of anilines is 2. The van der Waals surface area contributed by atoms with Crippen LogP contribution in [0.1, 0.15) is 18.4 Å². The number of para-hydroxylation sites is 1. The summed E-state index contributed by atoms with van der Waals surface area (Å²) in [5, 5.41) is 15.2. The summed E-state index contributed by atoms with van der Waals surface area (Å²) in [7, 11) is 0. The van der Waals surface area contributed by atoms with Crippen LogP contribution in [0.3, 0.4) is 0 Å². The van der Waals surface area contributed by atoms with Gasteiger partial charge in [0.25, 0.3) is 0 Å². The van der Waals surface area contributed by atoms with Gasteiger partial charge < -0.3 is 10.2 Å². The third kappa shape index (κ3) is 3.04. The van der Waals surface area contributed by atoms with Crippen LogP contribution < -0.4 is 10.2 Å². The quantitative estimate of drug-likeness (QED) is 0.748. The highest BCUT2D eigenvalue weighted by atomic mass is 15.2. The fourth-order valence-electron chi connectivity index (χ4n) is 3.79. The summed E-state index contributed by atoms with van der Waals surface area (Å²) in [5.74, 6) is 0. The molecule has 0 aromatic heterocycles. The molecule has 1 aliphatic rings. The minimum absolute atomic E-state index is 0.469. The van der Waals surface area contributed by atoms with Gasteiger partial charge >= 0.3 is 0 Å². The molecule has 3 nitrogen and oxygen atoms in total. The van der Waals surface area contributed by atoms with E-state index in [-0.39, 0.29) is 0 Å². The van der Waals surface area contributed by atoms with Gasteiger partial charge in [0.05, 0.1) is 11.6 Å². The van der Waals surface area contributed by atoms with Crippen molar-refractivity contribution < 1.29 is 0 Å². The Bertz CT molecular complexity index is 911. The van der Waals surface area contributed by atoms with E-state index >= 15 is 0 Å². The molecule has 3 aromatic carbocycles. The molecule has 3 aromatic rings. The maximum atomic E-state index is 9.38. The lowest BCUT2D eigenvalue weighted by Gasteiger charge is -2.29. The van der Waals surface area contributed by atoms with Gasteiger partial charge in [-0.25, -0.2) is 0 Å². The van der Waals surface area contributed by atoms with Crippen LogP contribution in [0.25, 0.3) is 10.8 Å². The number of nitriles is 1. The molecule has 0 bridgehead atoms. The van der Waals surface area contributed by atoms with Gasteiger partial charge in [0, 0.05) is 41.3 Å². The summed E-state index contributed by atoms with van der Waals surface area (Å²) < 4.78 is 0. The summed E-state index contributed by atoms with van der Waals surface area (Å²) in [6.07, 6.45) is 2.39. The topological polar surface area (TPSA) is 39.1 Å². The molecule has 1 saturated heterocycles. The van der Waals surface area contributed by atoms with Crippen LogP contribution >= 0.6 is 0 Å². The number of hydrogen-bond donors (Lipinski definition) is 1. The Kier molecular flexibility index (Phi) is 4.26. The van der Waals surface area contributed by atoms with E-state index in [1.54, 1.807) is 0 Å². The van der Waals surface area contributed by atoms with E-state index in [0.29, 0.717) is 6.04 Å². The first-order valence-electron chi connectivity index (χ1n) is 8.84. The van der Waals surface area contributed by atoms with E-state index in [1.807, 2.05) is 24.3 Å². The molecule has 1 atom stereocenters. The molecule has 1 N–H and O–H groups in total. The number of hydrogen-bond acceptors (Lipinski definition) is 3. The average Bonchev–Trinajstić information content (AvgIpc) is 3.14.